The number of nitrogens with zero attached hydrogens (tertiary/aromatic N) is 2. The van der Waals surface area contributed by atoms with E-state index < -0.39 is 5.92 Å². The van der Waals surface area contributed by atoms with Crippen LogP contribution in [-0.2, 0) is 11.2 Å². The fourth-order valence-corrected chi connectivity index (χ4v) is 3.63. The van der Waals surface area contributed by atoms with Crippen LogP contribution < -0.4 is 5.32 Å². The Balaban J connectivity index is 1.80. The van der Waals surface area contributed by atoms with Gasteiger partial charge in [-0.1, -0.05) is 49.4 Å². The van der Waals surface area contributed by atoms with Crippen LogP contribution in [0.5, 0.6) is 0 Å². The van der Waals surface area contributed by atoms with Crippen LogP contribution in [0, 0.1) is 6.92 Å². The molecular formula is C22H21N3O2. The molecule has 136 valence electrons. The van der Waals surface area contributed by atoms with Crippen molar-refractivity contribution in [2.24, 2.45) is 0 Å². The van der Waals surface area contributed by atoms with Crippen molar-refractivity contribution in [1.82, 2.24) is 9.78 Å². The van der Waals surface area contributed by atoms with E-state index in [2.05, 4.69) is 29.5 Å². The molecule has 1 atom stereocenters. The molecule has 0 saturated heterocycles. The lowest BCUT2D eigenvalue weighted by Gasteiger charge is -2.23. The molecule has 4 rings (SSSR count). The number of anilines is 1. The minimum Gasteiger partial charge on any atom is -0.310 e. The minimum absolute atomic E-state index is 0.0457. The lowest BCUT2D eigenvalue weighted by Crippen LogP contribution is -2.28. The number of Topliss-reactive ketones (excluding diaryl/α,β-unsaturated/α-hetero) is 1. The number of ketones is 1. The summed E-state index contributed by atoms with van der Waals surface area (Å²) in [6.07, 6.45) is 1.10. The van der Waals surface area contributed by atoms with E-state index in [0.29, 0.717) is 11.4 Å². The first-order valence-electron chi connectivity index (χ1n) is 9.16. The van der Waals surface area contributed by atoms with E-state index in [9.17, 15) is 9.59 Å². The molecule has 0 saturated carbocycles. The van der Waals surface area contributed by atoms with Crippen LogP contribution in [0.3, 0.4) is 0 Å². The van der Waals surface area contributed by atoms with Gasteiger partial charge >= 0.3 is 0 Å². The molecule has 5 nitrogen and oxygen atoms in total. The Labute approximate surface area is 158 Å². The number of hydrogen-bond acceptors (Lipinski definition) is 3. The summed E-state index contributed by atoms with van der Waals surface area (Å²) < 4.78 is 1.73. The topological polar surface area (TPSA) is 64.0 Å². The summed E-state index contributed by atoms with van der Waals surface area (Å²) in [5.41, 5.74) is 4.28. The van der Waals surface area contributed by atoms with Crippen LogP contribution in [0.2, 0.25) is 0 Å². The number of fused-ring (bicyclic) bond motifs is 1. The van der Waals surface area contributed by atoms with Crippen LogP contribution in [0.15, 0.2) is 54.6 Å². The van der Waals surface area contributed by atoms with Gasteiger partial charge in [0.05, 0.1) is 17.3 Å². The van der Waals surface area contributed by atoms with Crippen molar-refractivity contribution in [2.75, 3.05) is 5.32 Å². The second kappa shape index (κ2) is 6.83. The van der Waals surface area contributed by atoms with Crippen LogP contribution in [0.25, 0.3) is 5.69 Å². The smallest absolute Gasteiger partial charge is 0.226 e. The summed E-state index contributed by atoms with van der Waals surface area (Å²) in [6, 6.07) is 17.2. The third-order valence-electron chi connectivity index (χ3n) is 5.07. The first-order chi connectivity index (χ1) is 13.1. The van der Waals surface area contributed by atoms with Crippen molar-refractivity contribution in [3.8, 4) is 5.69 Å². The van der Waals surface area contributed by atoms with Gasteiger partial charge < -0.3 is 5.32 Å². The molecule has 1 amide bonds. The zero-order chi connectivity index (χ0) is 19.0. The van der Waals surface area contributed by atoms with Crippen molar-refractivity contribution >= 4 is 17.5 Å². The molecule has 27 heavy (non-hydrogen) atoms. The van der Waals surface area contributed by atoms with Gasteiger partial charge in [-0.2, -0.15) is 5.10 Å². The number of aromatic nitrogens is 2. The van der Waals surface area contributed by atoms with E-state index in [0.717, 1.165) is 23.4 Å². The summed E-state index contributed by atoms with van der Waals surface area (Å²) in [5.74, 6) is -0.124. The Kier molecular flexibility index (Phi) is 4.36. The van der Waals surface area contributed by atoms with Crippen LogP contribution in [-0.4, -0.2) is 21.5 Å². The van der Waals surface area contributed by atoms with Crippen LogP contribution in [0.4, 0.5) is 5.82 Å². The molecule has 1 aliphatic heterocycles. The van der Waals surface area contributed by atoms with Gasteiger partial charge in [0.2, 0.25) is 5.91 Å². The first kappa shape index (κ1) is 17.2. The van der Waals surface area contributed by atoms with Gasteiger partial charge in [-0.3, -0.25) is 9.59 Å². The standard InChI is InChI=1S/C22H21N3O2/c1-3-15-9-11-17(12-10-15)25-22-20(14(2)24-25)18(13-19(26)23-22)21(27)16-7-5-4-6-8-16/h4-12,18H,3,13H2,1-2H3,(H,23,26). The SMILES string of the molecule is CCc1ccc(-n2nc(C)c3c2NC(=O)CC3C(=O)c2ccccc2)cc1. The molecule has 2 heterocycles. The predicted molar refractivity (Wildman–Crippen MR) is 104 cm³/mol. The molecule has 0 spiro atoms. The highest BCUT2D eigenvalue weighted by Gasteiger charge is 2.36. The average molecular weight is 359 g/mol. The fourth-order valence-electron chi connectivity index (χ4n) is 3.63. The third kappa shape index (κ3) is 3.05. The summed E-state index contributed by atoms with van der Waals surface area (Å²) >= 11 is 0. The largest absolute Gasteiger partial charge is 0.310 e. The van der Waals surface area contributed by atoms with Crippen LogP contribution in [0.1, 0.15) is 46.4 Å². The average Bonchev–Trinajstić information content (AvgIpc) is 3.04. The summed E-state index contributed by atoms with van der Waals surface area (Å²) in [7, 11) is 0. The van der Waals surface area contributed by atoms with E-state index in [-0.39, 0.29) is 18.1 Å². The Morgan fingerprint density at radius 1 is 1.15 bits per heavy atom. The lowest BCUT2D eigenvalue weighted by atomic mass is 9.85. The summed E-state index contributed by atoms with van der Waals surface area (Å²) in [6.45, 7) is 3.99. The number of hydrogen-bond donors (Lipinski definition) is 1. The monoisotopic (exact) mass is 359 g/mol. The van der Waals surface area contributed by atoms with E-state index in [1.807, 2.05) is 37.3 Å². The van der Waals surface area contributed by atoms with Crippen molar-refractivity contribution in [3.05, 3.63) is 77.0 Å². The normalized spacial score (nSPS) is 15.9. The van der Waals surface area contributed by atoms with Gasteiger partial charge in [-0.05, 0) is 31.0 Å². The summed E-state index contributed by atoms with van der Waals surface area (Å²) in [5, 5.41) is 7.55. The molecule has 1 N–H and O–H groups in total. The molecule has 1 unspecified atom stereocenters. The number of aryl methyl sites for hydroxylation is 2. The molecule has 1 aliphatic rings. The van der Waals surface area contributed by atoms with Gasteiger partial charge in [0.15, 0.2) is 5.78 Å². The Morgan fingerprint density at radius 2 is 1.85 bits per heavy atom. The van der Waals surface area contributed by atoms with Gasteiger partial charge in [0.1, 0.15) is 5.82 Å². The maximum atomic E-state index is 13.1. The van der Waals surface area contributed by atoms with Gasteiger partial charge in [0, 0.05) is 17.5 Å². The van der Waals surface area contributed by atoms with Gasteiger partial charge in [-0.25, -0.2) is 4.68 Å². The van der Waals surface area contributed by atoms with Crippen LogP contribution >= 0.6 is 0 Å². The second-order valence-corrected chi connectivity index (χ2v) is 6.81. The van der Waals surface area contributed by atoms with Crippen molar-refractivity contribution in [3.63, 3.8) is 0 Å². The van der Waals surface area contributed by atoms with Crippen molar-refractivity contribution in [1.29, 1.82) is 0 Å². The first-order valence-corrected chi connectivity index (χ1v) is 9.16. The molecule has 5 heteroatoms. The van der Waals surface area contributed by atoms with E-state index in [1.54, 1.807) is 16.8 Å². The number of amides is 1. The highest BCUT2D eigenvalue weighted by Crippen LogP contribution is 2.38. The van der Waals surface area contributed by atoms with E-state index in [4.69, 9.17) is 0 Å². The number of rotatable bonds is 4. The molecule has 1 aromatic heterocycles. The Bertz CT molecular complexity index is 1000. The second-order valence-electron chi connectivity index (χ2n) is 6.81. The van der Waals surface area contributed by atoms with Gasteiger partial charge in [-0.15, -0.1) is 0 Å². The zero-order valence-corrected chi connectivity index (χ0v) is 15.4. The number of nitrogens with one attached hydrogen (secondary N) is 1. The molecule has 3 aromatic rings. The van der Waals surface area contributed by atoms with Crippen molar-refractivity contribution in [2.45, 2.75) is 32.6 Å². The van der Waals surface area contributed by atoms with E-state index in [1.165, 1.54) is 5.56 Å². The molecule has 2 aromatic carbocycles. The molecular weight excluding hydrogens is 338 g/mol. The maximum Gasteiger partial charge on any atom is 0.226 e. The quantitative estimate of drug-likeness (QED) is 0.715. The number of carbonyl (C=O) groups is 2. The zero-order valence-electron chi connectivity index (χ0n) is 15.4. The minimum atomic E-state index is -0.514. The Hall–Kier alpha value is -3.21. The molecule has 0 bridgehead atoms. The van der Waals surface area contributed by atoms with E-state index >= 15 is 0 Å². The lowest BCUT2D eigenvalue weighted by molar-refractivity contribution is -0.116. The Morgan fingerprint density at radius 3 is 2.52 bits per heavy atom. The molecule has 0 fully saturated rings. The predicted octanol–water partition coefficient (Wildman–Crippen LogP) is 4.05. The third-order valence-corrected chi connectivity index (χ3v) is 5.07. The van der Waals surface area contributed by atoms with Gasteiger partial charge in [0.25, 0.3) is 0 Å². The molecule has 0 radical (unpaired) electrons. The molecule has 0 aliphatic carbocycles. The number of benzene rings is 2. The highest BCUT2D eigenvalue weighted by molar-refractivity contribution is 6.07. The van der Waals surface area contributed by atoms with Crippen molar-refractivity contribution < 1.29 is 9.59 Å². The number of carbonyl (C=O) groups excluding carboxylic acids is 2. The maximum absolute atomic E-state index is 13.1. The highest BCUT2D eigenvalue weighted by atomic mass is 16.2. The fraction of sp³-hybridized carbons (Fsp3) is 0.227. The summed E-state index contributed by atoms with van der Waals surface area (Å²) in [4.78, 5) is 25.4.